The molecule has 2 saturated carbocycles. The van der Waals surface area contributed by atoms with Crippen molar-refractivity contribution >= 4 is 17.7 Å². The van der Waals surface area contributed by atoms with E-state index in [1.165, 1.54) is 19.3 Å². The maximum absolute atomic E-state index is 13.0. The molecule has 1 saturated heterocycles. The van der Waals surface area contributed by atoms with Crippen LogP contribution in [0.1, 0.15) is 62.4 Å². The molecule has 2 heterocycles. The highest BCUT2D eigenvalue weighted by Crippen LogP contribution is 2.34. The first-order valence-electron chi connectivity index (χ1n) is 11.0. The van der Waals surface area contributed by atoms with Crippen LogP contribution in [-0.4, -0.2) is 57.6 Å². The standard InChI is InChI=1S/C21H31N5O3/c1-2-26-18(8-9-22-26)21(29)25-12-15-10-14(11-17(15)24-19(27)13-25)20(28)23-16-6-4-3-5-7-16/h8-9,14-17H,2-7,10-13H2,1H3,(H,23,28)(H,24,27)/t14-,15+,17+/m0/s1. The van der Waals surface area contributed by atoms with Crippen molar-refractivity contribution in [3.8, 4) is 0 Å². The van der Waals surface area contributed by atoms with Crippen LogP contribution in [0.3, 0.4) is 0 Å². The lowest BCUT2D eigenvalue weighted by Gasteiger charge is -2.25. The molecule has 2 N–H and O–H groups in total. The Kier molecular flexibility index (Phi) is 5.87. The van der Waals surface area contributed by atoms with Crippen molar-refractivity contribution in [2.75, 3.05) is 13.1 Å². The first-order chi connectivity index (χ1) is 14.0. The molecular formula is C21H31N5O3. The molecular weight excluding hydrogens is 370 g/mol. The molecule has 158 valence electrons. The minimum absolute atomic E-state index is 0.0431. The predicted molar refractivity (Wildman–Crippen MR) is 107 cm³/mol. The molecule has 2 aliphatic carbocycles. The molecule has 0 spiro atoms. The van der Waals surface area contributed by atoms with Crippen molar-refractivity contribution in [3.05, 3.63) is 18.0 Å². The second-order valence-electron chi connectivity index (χ2n) is 8.66. The van der Waals surface area contributed by atoms with Gasteiger partial charge in [-0.25, -0.2) is 0 Å². The number of hydrogen-bond acceptors (Lipinski definition) is 4. The Bertz CT molecular complexity index is 770. The predicted octanol–water partition coefficient (Wildman–Crippen LogP) is 1.32. The Morgan fingerprint density at radius 2 is 2.03 bits per heavy atom. The lowest BCUT2D eigenvalue weighted by Crippen LogP contribution is -2.41. The van der Waals surface area contributed by atoms with E-state index in [2.05, 4.69) is 15.7 Å². The Hall–Kier alpha value is -2.38. The van der Waals surface area contributed by atoms with Gasteiger partial charge in [0.2, 0.25) is 11.8 Å². The van der Waals surface area contributed by atoms with Crippen molar-refractivity contribution in [2.24, 2.45) is 11.8 Å². The molecule has 4 rings (SSSR count). The number of nitrogens with zero attached hydrogens (tertiary/aromatic N) is 3. The third kappa shape index (κ3) is 4.31. The monoisotopic (exact) mass is 401 g/mol. The van der Waals surface area contributed by atoms with Gasteiger partial charge in [-0.1, -0.05) is 19.3 Å². The highest BCUT2D eigenvalue weighted by molar-refractivity contribution is 5.95. The average molecular weight is 402 g/mol. The maximum atomic E-state index is 13.0. The number of fused-ring (bicyclic) bond motifs is 1. The molecule has 0 bridgehead atoms. The fourth-order valence-electron chi connectivity index (χ4n) is 5.14. The number of carbonyl (C=O) groups excluding carboxylic acids is 3. The Morgan fingerprint density at radius 1 is 1.24 bits per heavy atom. The number of amides is 3. The summed E-state index contributed by atoms with van der Waals surface area (Å²) in [7, 11) is 0. The number of hydrogen-bond donors (Lipinski definition) is 2. The summed E-state index contributed by atoms with van der Waals surface area (Å²) in [5.41, 5.74) is 0.503. The van der Waals surface area contributed by atoms with E-state index >= 15 is 0 Å². The fourth-order valence-corrected chi connectivity index (χ4v) is 5.14. The van der Waals surface area contributed by atoms with Crippen LogP contribution >= 0.6 is 0 Å². The van der Waals surface area contributed by atoms with Crippen LogP contribution in [0.5, 0.6) is 0 Å². The molecule has 8 nitrogen and oxygen atoms in total. The summed E-state index contributed by atoms with van der Waals surface area (Å²) in [6.07, 6.45) is 8.73. The molecule has 0 unspecified atom stereocenters. The molecule has 3 aliphatic rings. The van der Waals surface area contributed by atoms with Crippen molar-refractivity contribution in [1.29, 1.82) is 0 Å². The SMILES string of the molecule is CCn1nccc1C(=O)N1CC(=O)N[C@@H]2C[C@@H](C(=O)NC3CCCCC3)C[C@@H]2C1. The summed E-state index contributed by atoms with van der Waals surface area (Å²) >= 11 is 0. The van der Waals surface area contributed by atoms with E-state index in [1.54, 1.807) is 21.8 Å². The average Bonchev–Trinajstić information content (AvgIpc) is 3.31. The van der Waals surface area contributed by atoms with Crippen LogP contribution in [0.2, 0.25) is 0 Å². The van der Waals surface area contributed by atoms with E-state index in [1.807, 2.05) is 6.92 Å². The maximum Gasteiger partial charge on any atom is 0.272 e. The van der Waals surface area contributed by atoms with Crippen molar-refractivity contribution in [1.82, 2.24) is 25.3 Å². The Labute approximate surface area is 171 Å². The van der Waals surface area contributed by atoms with Gasteiger partial charge in [0.05, 0.1) is 6.54 Å². The lowest BCUT2D eigenvalue weighted by atomic mass is 9.94. The summed E-state index contributed by atoms with van der Waals surface area (Å²) in [6, 6.07) is 1.95. The summed E-state index contributed by atoms with van der Waals surface area (Å²) in [5.74, 6) is -0.202. The number of aryl methyl sites for hydroxylation is 1. The molecule has 1 aliphatic heterocycles. The van der Waals surface area contributed by atoms with E-state index in [0.29, 0.717) is 37.7 Å². The van der Waals surface area contributed by atoms with E-state index in [0.717, 1.165) is 12.8 Å². The summed E-state index contributed by atoms with van der Waals surface area (Å²) in [6.45, 7) is 3.08. The minimum Gasteiger partial charge on any atom is -0.353 e. The van der Waals surface area contributed by atoms with Gasteiger partial charge >= 0.3 is 0 Å². The quantitative estimate of drug-likeness (QED) is 0.795. The highest BCUT2D eigenvalue weighted by atomic mass is 16.2. The van der Waals surface area contributed by atoms with Crippen LogP contribution in [0.25, 0.3) is 0 Å². The lowest BCUT2D eigenvalue weighted by molar-refractivity contribution is -0.126. The third-order valence-corrected chi connectivity index (χ3v) is 6.68. The van der Waals surface area contributed by atoms with E-state index < -0.39 is 0 Å². The second kappa shape index (κ2) is 8.55. The Morgan fingerprint density at radius 3 is 2.79 bits per heavy atom. The minimum atomic E-state index is -0.171. The van der Waals surface area contributed by atoms with E-state index in [-0.39, 0.29) is 42.1 Å². The van der Waals surface area contributed by atoms with Gasteiger partial charge in [0.1, 0.15) is 5.69 Å². The van der Waals surface area contributed by atoms with Gasteiger partial charge in [-0.05, 0) is 44.6 Å². The van der Waals surface area contributed by atoms with Crippen LogP contribution in [0.4, 0.5) is 0 Å². The van der Waals surface area contributed by atoms with Gasteiger partial charge in [-0.2, -0.15) is 5.10 Å². The Balaban J connectivity index is 1.41. The van der Waals surface area contributed by atoms with Crippen molar-refractivity contribution in [3.63, 3.8) is 0 Å². The van der Waals surface area contributed by atoms with Gasteiger partial charge in [0.15, 0.2) is 0 Å². The van der Waals surface area contributed by atoms with Gasteiger partial charge in [-0.3, -0.25) is 19.1 Å². The van der Waals surface area contributed by atoms with Gasteiger partial charge in [0, 0.05) is 37.3 Å². The molecule has 3 fully saturated rings. The fraction of sp³-hybridized carbons (Fsp3) is 0.714. The van der Waals surface area contributed by atoms with E-state index in [4.69, 9.17) is 0 Å². The number of carbonyl (C=O) groups is 3. The van der Waals surface area contributed by atoms with Crippen LogP contribution in [0.15, 0.2) is 12.3 Å². The number of nitrogens with one attached hydrogen (secondary N) is 2. The molecule has 3 amide bonds. The summed E-state index contributed by atoms with van der Waals surface area (Å²) in [4.78, 5) is 39.9. The molecule has 0 radical (unpaired) electrons. The second-order valence-corrected chi connectivity index (χ2v) is 8.66. The number of aromatic nitrogens is 2. The first-order valence-corrected chi connectivity index (χ1v) is 11.0. The normalized spacial score (nSPS) is 27.8. The number of rotatable bonds is 4. The molecule has 3 atom stereocenters. The molecule has 1 aromatic rings. The van der Waals surface area contributed by atoms with Crippen LogP contribution in [0, 0.1) is 11.8 Å². The first kappa shape index (κ1) is 19.9. The summed E-state index contributed by atoms with van der Waals surface area (Å²) < 4.78 is 1.65. The molecule has 8 heteroatoms. The molecule has 29 heavy (non-hydrogen) atoms. The zero-order chi connectivity index (χ0) is 20.4. The van der Waals surface area contributed by atoms with Crippen LogP contribution in [-0.2, 0) is 16.1 Å². The van der Waals surface area contributed by atoms with Crippen molar-refractivity contribution in [2.45, 2.75) is 70.5 Å². The van der Waals surface area contributed by atoms with Crippen LogP contribution < -0.4 is 10.6 Å². The molecule has 0 aromatic carbocycles. The summed E-state index contributed by atoms with van der Waals surface area (Å²) in [5, 5.41) is 10.4. The smallest absolute Gasteiger partial charge is 0.272 e. The zero-order valence-electron chi connectivity index (χ0n) is 17.1. The topological polar surface area (TPSA) is 96.3 Å². The van der Waals surface area contributed by atoms with Gasteiger partial charge in [0.25, 0.3) is 5.91 Å². The van der Waals surface area contributed by atoms with Gasteiger partial charge < -0.3 is 15.5 Å². The van der Waals surface area contributed by atoms with Crippen molar-refractivity contribution < 1.29 is 14.4 Å². The highest BCUT2D eigenvalue weighted by Gasteiger charge is 2.42. The largest absolute Gasteiger partial charge is 0.353 e. The zero-order valence-corrected chi connectivity index (χ0v) is 17.1. The molecule has 1 aromatic heterocycles. The van der Waals surface area contributed by atoms with E-state index in [9.17, 15) is 14.4 Å². The third-order valence-electron chi connectivity index (χ3n) is 6.68. The van der Waals surface area contributed by atoms with Gasteiger partial charge in [-0.15, -0.1) is 0 Å².